The highest BCUT2D eigenvalue weighted by atomic mass is 15.2. The van der Waals surface area contributed by atoms with Crippen LogP contribution in [-0.4, -0.2) is 40.5 Å². The Hall–Kier alpha value is -1.68. The van der Waals surface area contributed by atoms with Crippen molar-refractivity contribution in [3.63, 3.8) is 0 Å². The summed E-state index contributed by atoms with van der Waals surface area (Å²) < 4.78 is 0. The summed E-state index contributed by atoms with van der Waals surface area (Å²) in [6.07, 6.45) is 3.15. The monoisotopic (exact) mass is 270 g/mol. The average molecular weight is 270 g/mol. The maximum atomic E-state index is 4.55. The zero-order valence-corrected chi connectivity index (χ0v) is 12.2. The van der Waals surface area contributed by atoms with Gasteiger partial charge in [0, 0.05) is 30.7 Å². The second kappa shape index (κ2) is 5.75. The lowest BCUT2D eigenvalue weighted by molar-refractivity contribution is 0.266. The van der Waals surface area contributed by atoms with Gasteiger partial charge in [0.15, 0.2) is 0 Å². The number of anilines is 1. The number of fused-ring (bicyclic) bond motifs is 1. The van der Waals surface area contributed by atoms with E-state index in [2.05, 4.69) is 34.0 Å². The molecule has 0 aliphatic carbocycles. The van der Waals surface area contributed by atoms with Gasteiger partial charge in [-0.05, 0) is 38.8 Å². The summed E-state index contributed by atoms with van der Waals surface area (Å²) in [5.41, 5.74) is 1.00. The average Bonchev–Trinajstić information content (AvgIpc) is 2.94. The number of aromatic nitrogens is 2. The molecule has 3 rings (SSSR count). The van der Waals surface area contributed by atoms with Gasteiger partial charge < -0.3 is 10.2 Å². The lowest BCUT2D eigenvalue weighted by Crippen LogP contribution is -2.29. The molecule has 4 nitrogen and oxygen atoms in total. The molecule has 1 aliphatic heterocycles. The fraction of sp³-hybridized carbons (Fsp3) is 0.500. The van der Waals surface area contributed by atoms with Crippen molar-refractivity contribution in [2.75, 3.05) is 25.0 Å². The second-order valence-electron chi connectivity index (χ2n) is 5.88. The molecule has 1 fully saturated rings. The fourth-order valence-electron chi connectivity index (χ4n) is 2.79. The zero-order valence-electron chi connectivity index (χ0n) is 12.2. The van der Waals surface area contributed by atoms with Gasteiger partial charge in [-0.1, -0.05) is 18.2 Å². The van der Waals surface area contributed by atoms with E-state index in [1.807, 2.05) is 30.5 Å². The molecule has 20 heavy (non-hydrogen) atoms. The molecule has 4 heteroatoms. The molecule has 1 aromatic heterocycles. The summed E-state index contributed by atoms with van der Waals surface area (Å²) in [6.45, 7) is 7.88. The van der Waals surface area contributed by atoms with Gasteiger partial charge >= 0.3 is 0 Å². The third-order valence-electron chi connectivity index (χ3n) is 4.09. The van der Waals surface area contributed by atoms with Crippen molar-refractivity contribution in [1.82, 2.24) is 14.9 Å². The minimum Gasteiger partial charge on any atom is -0.354 e. The van der Waals surface area contributed by atoms with Gasteiger partial charge in [-0.15, -0.1) is 0 Å². The smallest absolute Gasteiger partial charge is 0.223 e. The van der Waals surface area contributed by atoms with Crippen LogP contribution in [0.25, 0.3) is 10.9 Å². The van der Waals surface area contributed by atoms with Crippen LogP contribution >= 0.6 is 0 Å². The molecular formula is C16H22N4. The lowest BCUT2D eigenvalue weighted by atomic mass is 10.1. The van der Waals surface area contributed by atoms with Crippen molar-refractivity contribution < 1.29 is 0 Å². The van der Waals surface area contributed by atoms with E-state index >= 15 is 0 Å². The fourth-order valence-corrected chi connectivity index (χ4v) is 2.79. The Labute approximate surface area is 120 Å². The summed E-state index contributed by atoms with van der Waals surface area (Å²) in [6, 6.07) is 8.74. The van der Waals surface area contributed by atoms with Crippen LogP contribution < -0.4 is 5.32 Å². The van der Waals surface area contributed by atoms with Crippen LogP contribution in [-0.2, 0) is 0 Å². The molecule has 1 N–H and O–H groups in total. The van der Waals surface area contributed by atoms with E-state index in [0.717, 1.165) is 23.4 Å². The van der Waals surface area contributed by atoms with Crippen LogP contribution in [0.1, 0.15) is 20.3 Å². The molecule has 0 radical (unpaired) electrons. The molecular weight excluding hydrogens is 248 g/mol. The van der Waals surface area contributed by atoms with E-state index in [1.165, 1.54) is 19.5 Å². The molecule has 0 amide bonds. The number of nitrogens with zero attached hydrogens (tertiary/aromatic N) is 3. The van der Waals surface area contributed by atoms with E-state index in [9.17, 15) is 0 Å². The highest BCUT2D eigenvalue weighted by Crippen LogP contribution is 2.19. The Balaban J connectivity index is 1.60. The standard InChI is InChI=1S/C16H22N4/c1-12(2)20-8-7-13(11-20)9-17-16-18-10-14-5-3-4-6-15(14)19-16/h3-6,10,12-13H,7-9,11H2,1-2H3,(H,17,18,19). The number of hydrogen-bond acceptors (Lipinski definition) is 4. The third kappa shape index (κ3) is 2.90. The first kappa shape index (κ1) is 13.3. The quantitative estimate of drug-likeness (QED) is 0.927. The van der Waals surface area contributed by atoms with Gasteiger partial charge in [-0.3, -0.25) is 0 Å². The van der Waals surface area contributed by atoms with E-state index in [-0.39, 0.29) is 0 Å². The van der Waals surface area contributed by atoms with Crippen molar-refractivity contribution >= 4 is 16.9 Å². The first-order chi connectivity index (χ1) is 9.72. The predicted octanol–water partition coefficient (Wildman–Crippen LogP) is 2.77. The molecule has 1 aromatic carbocycles. The van der Waals surface area contributed by atoms with Crippen LogP contribution in [0.15, 0.2) is 30.5 Å². The molecule has 1 atom stereocenters. The van der Waals surface area contributed by atoms with Gasteiger partial charge in [-0.25, -0.2) is 9.97 Å². The summed E-state index contributed by atoms with van der Waals surface area (Å²) >= 11 is 0. The Kier molecular flexibility index (Phi) is 3.83. The minimum atomic E-state index is 0.650. The molecule has 0 bridgehead atoms. The number of rotatable bonds is 4. The maximum absolute atomic E-state index is 4.55. The van der Waals surface area contributed by atoms with Gasteiger partial charge in [0.25, 0.3) is 0 Å². The van der Waals surface area contributed by atoms with Gasteiger partial charge in [0.1, 0.15) is 0 Å². The third-order valence-corrected chi connectivity index (χ3v) is 4.09. The molecule has 0 saturated carbocycles. The van der Waals surface area contributed by atoms with Gasteiger partial charge in [-0.2, -0.15) is 0 Å². The number of benzene rings is 1. The van der Waals surface area contributed by atoms with Crippen molar-refractivity contribution in [2.24, 2.45) is 5.92 Å². The lowest BCUT2D eigenvalue weighted by Gasteiger charge is -2.20. The molecule has 1 unspecified atom stereocenters. The summed E-state index contributed by atoms with van der Waals surface area (Å²) in [4.78, 5) is 11.5. The van der Waals surface area contributed by atoms with E-state index in [4.69, 9.17) is 0 Å². The van der Waals surface area contributed by atoms with E-state index in [0.29, 0.717) is 12.0 Å². The largest absolute Gasteiger partial charge is 0.354 e. The topological polar surface area (TPSA) is 41.0 Å². The maximum Gasteiger partial charge on any atom is 0.223 e. The molecule has 106 valence electrons. The van der Waals surface area contributed by atoms with Crippen molar-refractivity contribution in [3.8, 4) is 0 Å². The number of nitrogens with one attached hydrogen (secondary N) is 1. The SMILES string of the molecule is CC(C)N1CCC(CNc2ncc3ccccc3n2)C1. The first-order valence-electron chi connectivity index (χ1n) is 7.42. The molecule has 1 saturated heterocycles. The Morgan fingerprint density at radius 1 is 1.35 bits per heavy atom. The van der Waals surface area contributed by atoms with Crippen LogP contribution in [0.2, 0.25) is 0 Å². The molecule has 2 heterocycles. The molecule has 0 spiro atoms. The normalized spacial score (nSPS) is 19.9. The highest BCUT2D eigenvalue weighted by molar-refractivity contribution is 5.78. The minimum absolute atomic E-state index is 0.650. The van der Waals surface area contributed by atoms with Gasteiger partial charge in [0.05, 0.1) is 5.52 Å². The van der Waals surface area contributed by atoms with Crippen LogP contribution in [0, 0.1) is 5.92 Å². The second-order valence-corrected chi connectivity index (χ2v) is 5.88. The van der Waals surface area contributed by atoms with Crippen LogP contribution in [0.3, 0.4) is 0 Å². The zero-order chi connectivity index (χ0) is 13.9. The molecule has 1 aliphatic rings. The van der Waals surface area contributed by atoms with E-state index in [1.54, 1.807) is 0 Å². The Morgan fingerprint density at radius 2 is 2.20 bits per heavy atom. The predicted molar refractivity (Wildman–Crippen MR) is 82.8 cm³/mol. The number of hydrogen-bond donors (Lipinski definition) is 1. The Morgan fingerprint density at radius 3 is 3.00 bits per heavy atom. The Bertz CT molecular complexity index is 581. The van der Waals surface area contributed by atoms with Gasteiger partial charge in [0.2, 0.25) is 5.95 Å². The molecule has 2 aromatic rings. The highest BCUT2D eigenvalue weighted by Gasteiger charge is 2.23. The summed E-state index contributed by atoms with van der Waals surface area (Å²) in [7, 11) is 0. The summed E-state index contributed by atoms with van der Waals surface area (Å²) in [5.74, 6) is 1.44. The van der Waals surface area contributed by atoms with Crippen molar-refractivity contribution in [3.05, 3.63) is 30.5 Å². The van der Waals surface area contributed by atoms with Crippen molar-refractivity contribution in [1.29, 1.82) is 0 Å². The number of likely N-dealkylation sites (tertiary alicyclic amines) is 1. The van der Waals surface area contributed by atoms with Crippen LogP contribution in [0.4, 0.5) is 5.95 Å². The van der Waals surface area contributed by atoms with Crippen LogP contribution in [0.5, 0.6) is 0 Å². The number of para-hydroxylation sites is 1. The first-order valence-corrected chi connectivity index (χ1v) is 7.42. The van der Waals surface area contributed by atoms with Crippen molar-refractivity contribution in [2.45, 2.75) is 26.3 Å². The summed E-state index contributed by atoms with van der Waals surface area (Å²) in [5, 5.41) is 4.48. The van der Waals surface area contributed by atoms with E-state index < -0.39 is 0 Å².